The van der Waals surface area contributed by atoms with Gasteiger partial charge in [-0.15, -0.1) is 11.3 Å². The molecule has 2 aromatic rings. The van der Waals surface area contributed by atoms with Gasteiger partial charge in [0, 0.05) is 25.0 Å². The number of Topliss-reactive ketones (excluding diaryl/α,β-unsaturated/α-hetero) is 1. The number of amides is 1. The van der Waals surface area contributed by atoms with Crippen LogP contribution in [0.2, 0.25) is 0 Å². The molecular weight excluding hydrogens is 344 g/mol. The summed E-state index contributed by atoms with van der Waals surface area (Å²) in [4.78, 5) is 29.2. The molecule has 138 valence electrons. The maximum absolute atomic E-state index is 12.8. The third kappa shape index (κ3) is 4.05. The molecule has 0 saturated carbocycles. The summed E-state index contributed by atoms with van der Waals surface area (Å²) in [5.41, 5.74) is 3.48. The molecule has 0 N–H and O–H groups in total. The molecule has 0 aliphatic carbocycles. The quantitative estimate of drug-likeness (QED) is 0.758. The Balaban J connectivity index is 1.72. The molecule has 1 saturated heterocycles. The fourth-order valence-corrected chi connectivity index (χ4v) is 4.41. The average Bonchev–Trinajstić information content (AvgIpc) is 3.22. The maximum Gasteiger partial charge on any atom is 0.227 e. The second-order valence-corrected chi connectivity index (χ2v) is 8.31. The SMILES string of the molecule is CC(=O)c1cc(CC(=O)N2CC(c3ccc(C)cc3)C(N(C)C)C2)cs1. The molecule has 1 aromatic heterocycles. The first-order valence-electron chi connectivity index (χ1n) is 8.94. The molecule has 0 radical (unpaired) electrons. The maximum atomic E-state index is 12.8. The number of nitrogens with zero attached hydrogens (tertiary/aromatic N) is 2. The smallest absolute Gasteiger partial charge is 0.227 e. The van der Waals surface area contributed by atoms with Crippen molar-refractivity contribution in [1.82, 2.24) is 9.80 Å². The van der Waals surface area contributed by atoms with Crippen LogP contribution in [0.1, 0.15) is 39.2 Å². The summed E-state index contributed by atoms with van der Waals surface area (Å²) in [6.07, 6.45) is 0.366. The topological polar surface area (TPSA) is 40.6 Å². The summed E-state index contributed by atoms with van der Waals surface area (Å²) < 4.78 is 0. The van der Waals surface area contributed by atoms with Crippen LogP contribution >= 0.6 is 11.3 Å². The molecule has 1 aliphatic heterocycles. The first kappa shape index (κ1) is 18.8. The molecule has 2 heterocycles. The number of rotatable bonds is 5. The third-order valence-electron chi connectivity index (χ3n) is 5.17. The van der Waals surface area contributed by atoms with Crippen molar-refractivity contribution < 1.29 is 9.59 Å². The van der Waals surface area contributed by atoms with Crippen LogP contribution in [0.3, 0.4) is 0 Å². The predicted octanol–water partition coefficient (Wildman–Crippen LogP) is 3.36. The molecule has 2 unspecified atom stereocenters. The molecule has 0 bridgehead atoms. The Morgan fingerprint density at radius 3 is 2.46 bits per heavy atom. The minimum absolute atomic E-state index is 0.0574. The van der Waals surface area contributed by atoms with Crippen molar-refractivity contribution in [2.24, 2.45) is 0 Å². The predicted molar refractivity (Wildman–Crippen MR) is 106 cm³/mol. The van der Waals surface area contributed by atoms with Crippen molar-refractivity contribution >= 4 is 23.0 Å². The molecule has 1 amide bonds. The van der Waals surface area contributed by atoms with Gasteiger partial charge < -0.3 is 9.80 Å². The number of likely N-dealkylation sites (tertiary alicyclic amines) is 1. The number of carbonyl (C=O) groups is 2. The van der Waals surface area contributed by atoms with Gasteiger partial charge in [0.2, 0.25) is 5.91 Å². The minimum Gasteiger partial charge on any atom is -0.340 e. The van der Waals surface area contributed by atoms with E-state index in [1.54, 1.807) is 6.92 Å². The van der Waals surface area contributed by atoms with Gasteiger partial charge in [-0.3, -0.25) is 9.59 Å². The molecule has 1 aliphatic rings. The summed E-state index contributed by atoms with van der Waals surface area (Å²) in [6.45, 7) is 5.14. The highest BCUT2D eigenvalue weighted by molar-refractivity contribution is 7.12. The summed E-state index contributed by atoms with van der Waals surface area (Å²) in [7, 11) is 4.16. The highest BCUT2D eigenvalue weighted by atomic mass is 32.1. The normalized spacial score (nSPS) is 20.0. The van der Waals surface area contributed by atoms with Gasteiger partial charge >= 0.3 is 0 Å². The van der Waals surface area contributed by atoms with Gasteiger partial charge in [-0.2, -0.15) is 0 Å². The lowest BCUT2D eigenvalue weighted by molar-refractivity contribution is -0.129. The molecule has 5 heteroatoms. The Hall–Kier alpha value is -1.98. The fraction of sp³-hybridized carbons (Fsp3) is 0.429. The average molecular weight is 371 g/mol. The van der Waals surface area contributed by atoms with E-state index in [9.17, 15) is 9.59 Å². The summed E-state index contributed by atoms with van der Waals surface area (Å²) in [5.74, 6) is 0.520. The van der Waals surface area contributed by atoms with Crippen molar-refractivity contribution in [3.63, 3.8) is 0 Å². The van der Waals surface area contributed by atoms with Crippen molar-refractivity contribution in [3.8, 4) is 0 Å². The molecule has 1 fully saturated rings. The van der Waals surface area contributed by atoms with Crippen molar-refractivity contribution in [3.05, 3.63) is 57.3 Å². The van der Waals surface area contributed by atoms with E-state index in [0.717, 1.165) is 23.5 Å². The van der Waals surface area contributed by atoms with Gasteiger partial charge in [0.15, 0.2) is 5.78 Å². The van der Waals surface area contributed by atoms with Crippen LogP contribution in [0.4, 0.5) is 0 Å². The monoisotopic (exact) mass is 370 g/mol. The van der Waals surface area contributed by atoms with Crippen LogP contribution in [-0.2, 0) is 11.2 Å². The Bertz CT molecular complexity index is 795. The van der Waals surface area contributed by atoms with Crippen LogP contribution in [0.15, 0.2) is 35.7 Å². The van der Waals surface area contributed by atoms with E-state index in [2.05, 4.69) is 50.2 Å². The number of hydrogen-bond donors (Lipinski definition) is 0. The molecule has 3 rings (SSSR count). The van der Waals surface area contributed by atoms with E-state index in [4.69, 9.17) is 0 Å². The lowest BCUT2D eigenvalue weighted by Gasteiger charge is -2.25. The number of carbonyl (C=O) groups excluding carboxylic acids is 2. The van der Waals surface area contributed by atoms with Crippen LogP contribution < -0.4 is 0 Å². The number of benzene rings is 1. The highest BCUT2D eigenvalue weighted by Crippen LogP contribution is 2.31. The van der Waals surface area contributed by atoms with E-state index in [1.807, 2.05) is 16.3 Å². The number of likely N-dealkylation sites (N-methyl/N-ethyl adjacent to an activating group) is 1. The molecule has 0 spiro atoms. The van der Waals surface area contributed by atoms with Gasteiger partial charge in [0.05, 0.1) is 11.3 Å². The summed E-state index contributed by atoms with van der Waals surface area (Å²) in [6, 6.07) is 10.8. The zero-order valence-electron chi connectivity index (χ0n) is 15.9. The molecule has 2 atom stereocenters. The number of ketones is 1. The number of hydrogen-bond acceptors (Lipinski definition) is 4. The first-order chi connectivity index (χ1) is 12.3. The molecule has 4 nitrogen and oxygen atoms in total. The van der Waals surface area contributed by atoms with Crippen LogP contribution in [-0.4, -0.2) is 54.7 Å². The zero-order valence-corrected chi connectivity index (χ0v) is 16.7. The van der Waals surface area contributed by atoms with Gasteiger partial charge in [0.25, 0.3) is 0 Å². The van der Waals surface area contributed by atoms with E-state index in [0.29, 0.717) is 18.4 Å². The largest absolute Gasteiger partial charge is 0.340 e. The van der Waals surface area contributed by atoms with Gasteiger partial charge in [-0.1, -0.05) is 29.8 Å². The second kappa shape index (κ2) is 7.72. The highest BCUT2D eigenvalue weighted by Gasteiger charge is 2.37. The van der Waals surface area contributed by atoms with Crippen LogP contribution in [0, 0.1) is 6.92 Å². The van der Waals surface area contributed by atoms with Crippen molar-refractivity contribution in [2.45, 2.75) is 32.2 Å². The third-order valence-corrected chi connectivity index (χ3v) is 6.25. The lowest BCUT2D eigenvalue weighted by Crippen LogP contribution is -2.36. The van der Waals surface area contributed by atoms with Crippen molar-refractivity contribution in [2.75, 3.05) is 27.2 Å². The minimum atomic E-state index is 0.0574. The fourth-order valence-electron chi connectivity index (χ4n) is 3.59. The Labute approximate surface area is 159 Å². The Morgan fingerprint density at radius 1 is 1.19 bits per heavy atom. The van der Waals surface area contributed by atoms with Crippen LogP contribution in [0.25, 0.3) is 0 Å². The van der Waals surface area contributed by atoms with E-state index in [1.165, 1.54) is 22.5 Å². The molecule has 1 aromatic carbocycles. The Kier molecular flexibility index (Phi) is 5.58. The van der Waals surface area contributed by atoms with E-state index in [-0.39, 0.29) is 11.7 Å². The zero-order chi connectivity index (χ0) is 18.8. The number of aryl methyl sites for hydroxylation is 1. The summed E-state index contributed by atoms with van der Waals surface area (Å²) in [5, 5.41) is 1.92. The standard InChI is InChI=1S/C21H26N2O2S/c1-14-5-7-17(8-6-14)18-11-23(12-19(18)22(3)4)21(25)10-16-9-20(15(2)24)26-13-16/h5-9,13,18-19H,10-12H2,1-4H3. The van der Waals surface area contributed by atoms with Crippen molar-refractivity contribution in [1.29, 1.82) is 0 Å². The lowest BCUT2D eigenvalue weighted by atomic mass is 9.93. The van der Waals surface area contributed by atoms with E-state index < -0.39 is 0 Å². The van der Waals surface area contributed by atoms with Gasteiger partial charge in [0.1, 0.15) is 0 Å². The first-order valence-corrected chi connectivity index (χ1v) is 9.82. The second-order valence-electron chi connectivity index (χ2n) is 7.40. The van der Waals surface area contributed by atoms with Crippen LogP contribution in [0.5, 0.6) is 0 Å². The van der Waals surface area contributed by atoms with E-state index >= 15 is 0 Å². The van der Waals surface area contributed by atoms with Gasteiger partial charge in [-0.05, 0) is 50.5 Å². The summed E-state index contributed by atoms with van der Waals surface area (Å²) >= 11 is 1.42. The van der Waals surface area contributed by atoms with Gasteiger partial charge in [-0.25, -0.2) is 0 Å². The molecular formula is C21H26N2O2S. The molecule has 26 heavy (non-hydrogen) atoms. The number of thiophene rings is 1. The Morgan fingerprint density at radius 2 is 1.88 bits per heavy atom.